The minimum absolute atomic E-state index is 0.000635. The number of carbonyl (C=O) groups is 2. The molecule has 0 aromatic heterocycles. The smallest absolute Gasteiger partial charge is 0.261 e. The molecule has 2 aromatic rings. The van der Waals surface area contributed by atoms with Gasteiger partial charge in [0, 0.05) is 27.7 Å². The van der Waals surface area contributed by atoms with Crippen LogP contribution in [0, 0.1) is 6.92 Å². The van der Waals surface area contributed by atoms with Gasteiger partial charge in [-0.25, -0.2) is 0 Å². The number of hydrogen-bond acceptors (Lipinski definition) is 3. The lowest BCUT2D eigenvalue weighted by molar-refractivity contribution is -0.142. The Kier molecular flexibility index (Phi) is 9.48. The molecule has 0 fully saturated rings. The second-order valence-corrected chi connectivity index (χ2v) is 8.70. The fourth-order valence-electron chi connectivity index (χ4n) is 2.82. The molecule has 0 saturated heterocycles. The Labute approximate surface area is 198 Å². The molecule has 0 saturated carbocycles. The average molecular weight is 486 g/mol. The SMILES string of the molecule is CCC(C)NC(=O)C(C)N(Cc1ccc(Cl)cc1Cl)C(=O)COc1ccc(Cl)c(C)c1. The van der Waals surface area contributed by atoms with Crippen LogP contribution in [-0.2, 0) is 16.1 Å². The molecule has 0 aliphatic heterocycles. The summed E-state index contributed by atoms with van der Waals surface area (Å²) in [6, 6.07) is 9.50. The molecule has 0 bridgehead atoms. The van der Waals surface area contributed by atoms with Gasteiger partial charge in [-0.3, -0.25) is 9.59 Å². The molecule has 2 aromatic carbocycles. The highest BCUT2D eigenvalue weighted by Crippen LogP contribution is 2.24. The van der Waals surface area contributed by atoms with Gasteiger partial charge >= 0.3 is 0 Å². The van der Waals surface area contributed by atoms with Gasteiger partial charge in [-0.2, -0.15) is 0 Å². The van der Waals surface area contributed by atoms with Gasteiger partial charge < -0.3 is 15.0 Å². The first-order valence-electron chi connectivity index (χ1n) is 10.0. The van der Waals surface area contributed by atoms with Crippen LogP contribution in [0.4, 0.5) is 0 Å². The maximum Gasteiger partial charge on any atom is 0.261 e. The Morgan fingerprint density at radius 1 is 1.06 bits per heavy atom. The van der Waals surface area contributed by atoms with E-state index in [1.54, 1.807) is 43.3 Å². The summed E-state index contributed by atoms with van der Waals surface area (Å²) in [6.45, 7) is 7.35. The van der Waals surface area contributed by atoms with Crippen LogP contribution in [0.2, 0.25) is 15.1 Å². The van der Waals surface area contributed by atoms with Gasteiger partial charge in [0.15, 0.2) is 6.61 Å². The van der Waals surface area contributed by atoms with Crippen molar-refractivity contribution in [2.24, 2.45) is 0 Å². The van der Waals surface area contributed by atoms with E-state index in [2.05, 4.69) is 5.32 Å². The van der Waals surface area contributed by atoms with Crippen molar-refractivity contribution in [2.45, 2.75) is 52.7 Å². The third-order valence-electron chi connectivity index (χ3n) is 5.02. The van der Waals surface area contributed by atoms with E-state index in [1.165, 1.54) is 4.90 Å². The lowest BCUT2D eigenvalue weighted by Crippen LogP contribution is -2.50. The Morgan fingerprint density at radius 2 is 1.77 bits per heavy atom. The van der Waals surface area contributed by atoms with Gasteiger partial charge in [0.05, 0.1) is 0 Å². The zero-order chi connectivity index (χ0) is 23.1. The topological polar surface area (TPSA) is 58.6 Å². The van der Waals surface area contributed by atoms with Crippen LogP contribution >= 0.6 is 34.8 Å². The van der Waals surface area contributed by atoms with Crippen LogP contribution in [-0.4, -0.2) is 35.4 Å². The maximum absolute atomic E-state index is 13.1. The lowest BCUT2D eigenvalue weighted by Gasteiger charge is -2.30. The van der Waals surface area contributed by atoms with E-state index < -0.39 is 6.04 Å². The first kappa shape index (κ1) is 25.3. The highest BCUT2D eigenvalue weighted by atomic mass is 35.5. The molecule has 5 nitrogen and oxygen atoms in total. The second-order valence-electron chi connectivity index (χ2n) is 7.45. The van der Waals surface area contributed by atoms with Gasteiger partial charge in [-0.15, -0.1) is 0 Å². The molecule has 0 aliphatic rings. The number of hydrogen-bond donors (Lipinski definition) is 1. The van der Waals surface area contributed by atoms with E-state index in [-0.39, 0.29) is 31.0 Å². The number of nitrogens with zero attached hydrogens (tertiary/aromatic N) is 1. The summed E-state index contributed by atoms with van der Waals surface area (Å²) in [5, 5.41) is 4.46. The lowest BCUT2D eigenvalue weighted by atomic mass is 10.1. The van der Waals surface area contributed by atoms with E-state index in [0.717, 1.165) is 12.0 Å². The summed E-state index contributed by atoms with van der Waals surface area (Å²) in [5.74, 6) is -0.0584. The molecule has 2 atom stereocenters. The largest absolute Gasteiger partial charge is 0.484 e. The van der Waals surface area contributed by atoms with E-state index in [4.69, 9.17) is 39.5 Å². The second kappa shape index (κ2) is 11.6. The van der Waals surface area contributed by atoms with E-state index in [9.17, 15) is 9.59 Å². The van der Waals surface area contributed by atoms with E-state index in [0.29, 0.717) is 26.4 Å². The summed E-state index contributed by atoms with van der Waals surface area (Å²) in [5.41, 5.74) is 1.53. The normalized spacial score (nSPS) is 12.7. The van der Waals surface area contributed by atoms with Gasteiger partial charge in [-0.05, 0) is 68.7 Å². The van der Waals surface area contributed by atoms with E-state index in [1.807, 2.05) is 20.8 Å². The van der Waals surface area contributed by atoms with Crippen LogP contribution in [0.1, 0.15) is 38.3 Å². The fourth-order valence-corrected chi connectivity index (χ4v) is 3.40. The standard InChI is InChI=1S/C23H27Cl3N2O3/c1-5-15(3)27-23(30)16(4)28(12-17-6-7-18(24)11-21(17)26)22(29)13-31-19-8-9-20(25)14(2)10-19/h6-11,15-16H,5,12-13H2,1-4H3,(H,27,30). The number of ether oxygens (including phenoxy) is 1. The Hall–Kier alpha value is -1.95. The third kappa shape index (κ3) is 7.30. The summed E-state index contributed by atoms with van der Waals surface area (Å²) >= 11 is 18.3. The predicted molar refractivity (Wildman–Crippen MR) is 126 cm³/mol. The molecule has 2 amide bonds. The molecule has 0 heterocycles. The van der Waals surface area contributed by atoms with Gasteiger partial charge in [0.25, 0.3) is 5.91 Å². The van der Waals surface area contributed by atoms with Crippen molar-refractivity contribution in [2.75, 3.05) is 6.61 Å². The van der Waals surface area contributed by atoms with E-state index >= 15 is 0 Å². The van der Waals surface area contributed by atoms with Crippen LogP contribution < -0.4 is 10.1 Å². The molecule has 8 heteroatoms. The van der Waals surface area contributed by atoms with Gasteiger partial charge in [0.2, 0.25) is 5.91 Å². The van der Waals surface area contributed by atoms with Crippen molar-refractivity contribution in [3.8, 4) is 5.75 Å². The van der Waals surface area contributed by atoms with Crippen molar-refractivity contribution in [1.29, 1.82) is 0 Å². The number of rotatable bonds is 9. The number of benzene rings is 2. The molecular formula is C23H27Cl3N2O3. The molecule has 0 radical (unpaired) electrons. The molecule has 0 spiro atoms. The summed E-state index contributed by atoms with van der Waals surface area (Å²) in [4.78, 5) is 27.3. The first-order valence-corrected chi connectivity index (χ1v) is 11.2. The third-order valence-corrected chi connectivity index (χ3v) is 6.03. The van der Waals surface area contributed by atoms with Crippen LogP contribution in [0.3, 0.4) is 0 Å². The van der Waals surface area contributed by atoms with Crippen LogP contribution in [0.5, 0.6) is 5.75 Å². The molecular weight excluding hydrogens is 459 g/mol. The molecule has 2 rings (SSSR count). The zero-order valence-electron chi connectivity index (χ0n) is 18.0. The first-order chi connectivity index (χ1) is 14.6. The minimum Gasteiger partial charge on any atom is -0.484 e. The Morgan fingerprint density at radius 3 is 2.39 bits per heavy atom. The number of nitrogens with one attached hydrogen (secondary N) is 1. The highest BCUT2D eigenvalue weighted by Gasteiger charge is 2.27. The van der Waals surface area contributed by atoms with Crippen molar-refractivity contribution in [3.63, 3.8) is 0 Å². The van der Waals surface area contributed by atoms with Crippen molar-refractivity contribution in [3.05, 3.63) is 62.6 Å². The Bertz CT molecular complexity index is 936. The number of carbonyl (C=O) groups excluding carboxylic acids is 2. The maximum atomic E-state index is 13.1. The molecule has 1 N–H and O–H groups in total. The number of amides is 2. The highest BCUT2D eigenvalue weighted by molar-refractivity contribution is 6.35. The summed E-state index contributed by atoms with van der Waals surface area (Å²) < 4.78 is 5.67. The molecule has 2 unspecified atom stereocenters. The zero-order valence-corrected chi connectivity index (χ0v) is 20.3. The quantitative estimate of drug-likeness (QED) is 0.498. The molecule has 0 aliphatic carbocycles. The average Bonchev–Trinajstić information content (AvgIpc) is 2.73. The molecule has 168 valence electrons. The van der Waals surface area contributed by atoms with Gasteiger partial charge in [0.1, 0.15) is 11.8 Å². The monoisotopic (exact) mass is 484 g/mol. The summed E-state index contributed by atoms with van der Waals surface area (Å²) in [7, 11) is 0. The number of aryl methyl sites for hydroxylation is 1. The summed E-state index contributed by atoms with van der Waals surface area (Å²) in [6.07, 6.45) is 0.786. The van der Waals surface area contributed by atoms with Crippen molar-refractivity contribution in [1.82, 2.24) is 10.2 Å². The molecule has 31 heavy (non-hydrogen) atoms. The van der Waals surface area contributed by atoms with Crippen molar-refractivity contribution < 1.29 is 14.3 Å². The van der Waals surface area contributed by atoms with Crippen LogP contribution in [0.15, 0.2) is 36.4 Å². The van der Waals surface area contributed by atoms with Gasteiger partial charge in [-0.1, -0.05) is 47.8 Å². The predicted octanol–water partition coefficient (Wildman–Crippen LogP) is 5.67. The Balaban J connectivity index is 2.21. The van der Waals surface area contributed by atoms with Crippen LogP contribution in [0.25, 0.3) is 0 Å². The minimum atomic E-state index is -0.719. The number of halogens is 3. The fraction of sp³-hybridized carbons (Fsp3) is 0.391. The van der Waals surface area contributed by atoms with Crippen molar-refractivity contribution >= 4 is 46.6 Å².